The van der Waals surface area contributed by atoms with Crippen molar-refractivity contribution in [1.82, 2.24) is 9.29 Å². The van der Waals surface area contributed by atoms with E-state index in [0.29, 0.717) is 19.0 Å². The molecular formula is C21H24BrClN2O2S. The average Bonchev–Trinajstić information content (AvgIpc) is 2.78. The van der Waals surface area contributed by atoms with Crippen LogP contribution in [-0.4, -0.2) is 37.1 Å². The predicted molar refractivity (Wildman–Crippen MR) is 117 cm³/mol. The molecule has 0 spiro atoms. The molecule has 1 atom stereocenters. The Morgan fingerprint density at radius 1 is 1.14 bits per heavy atom. The number of piperidine rings is 1. The second kappa shape index (κ2) is 7.71. The van der Waals surface area contributed by atoms with Gasteiger partial charge in [0.15, 0.2) is 0 Å². The molecule has 0 amide bonds. The minimum absolute atomic E-state index is 0.154. The Bertz CT molecular complexity index is 1020. The van der Waals surface area contributed by atoms with Crippen LogP contribution in [0.3, 0.4) is 0 Å². The number of hydrogen-bond acceptors (Lipinski definition) is 3. The topological polar surface area (TPSA) is 50.3 Å². The fourth-order valence-corrected chi connectivity index (χ4v) is 6.71. The Kier molecular flexibility index (Phi) is 5.60. The Hall–Kier alpha value is -0.950. The van der Waals surface area contributed by atoms with Crippen LogP contribution in [0.1, 0.15) is 46.7 Å². The lowest BCUT2D eigenvalue weighted by Gasteiger charge is -2.36. The molecule has 1 aliphatic heterocycles. The number of aryl methyl sites for hydroxylation is 3. The van der Waals surface area contributed by atoms with Crippen LogP contribution in [0.25, 0.3) is 0 Å². The van der Waals surface area contributed by atoms with Crippen LogP contribution in [0.15, 0.2) is 28.9 Å². The molecule has 0 N–H and O–H groups in total. The number of aromatic nitrogens is 1. The zero-order valence-corrected chi connectivity index (χ0v) is 19.2. The van der Waals surface area contributed by atoms with Gasteiger partial charge in [0.05, 0.1) is 11.9 Å². The third-order valence-electron chi connectivity index (χ3n) is 6.03. The molecule has 1 unspecified atom stereocenters. The third kappa shape index (κ3) is 3.89. The molecule has 7 heteroatoms. The molecule has 2 heterocycles. The highest BCUT2D eigenvalue weighted by Gasteiger charge is 2.36. The summed E-state index contributed by atoms with van der Waals surface area (Å²) in [6.45, 7) is 3.22. The van der Waals surface area contributed by atoms with Crippen molar-refractivity contribution >= 4 is 37.6 Å². The highest BCUT2D eigenvalue weighted by atomic mass is 79.9. The van der Waals surface area contributed by atoms with E-state index in [1.54, 1.807) is 4.31 Å². The van der Waals surface area contributed by atoms with Gasteiger partial charge >= 0.3 is 0 Å². The molecule has 150 valence electrons. The van der Waals surface area contributed by atoms with Crippen LogP contribution in [0.2, 0.25) is 5.02 Å². The summed E-state index contributed by atoms with van der Waals surface area (Å²) in [5.41, 5.74) is 6.16. The van der Waals surface area contributed by atoms with Crippen LogP contribution in [0, 0.1) is 12.8 Å². The summed E-state index contributed by atoms with van der Waals surface area (Å²) in [6.07, 6.45) is 6.80. The Morgan fingerprint density at radius 2 is 1.82 bits per heavy atom. The Balaban J connectivity index is 1.79. The van der Waals surface area contributed by atoms with Gasteiger partial charge in [-0.3, -0.25) is 4.98 Å². The molecule has 2 aliphatic rings. The lowest BCUT2D eigenvalue weighted by Crippen LogP contribution is -2.39. The molecule has 1 aromatic carbocycles. The van der Waals surface area contributed by atoms with Gasteiger partial charge in [-0.25, -0.2) is 12.7 Å². The van der Waals surface area contributed by atoms with Gasteiger partial charge in [-0.05, 0) is 72.9 Å². The molecule has 4 rings (SSSR count). The van der Waals surface area contributed by atoms with Gasteiger partial charge < -0.3 is 0 Å². The van der Waals surface area contributed by atoms with Gasteiger partial charge in [-0.1, -0.05) is 33.6 Å². The van der Waals surface area contributed by atoms with Crippen molar-refractivity contribution in [3.05, 3.63) is 61.8 Å². The summed E-state index contributed by atoms with van der Waals surface area (Å²) in [5, 5.41) is 0.742. The van der Waals surface area contributed by atoms with Crippen molar-refractivity contribution in [1.29, 1.82) is 0 Å². The van der Waals surface area contributed by atoms with E-state index in [9.17, 15) is 8.42 Å². The minimum Gasteiger partial charge on any atom is -0.260 e. The minimum atomic E-state index is -3.14. The first kappa shape index (κ1) is 20.3. The molecule has 0 radical (unpaired) electrons. The summed E-state index contributed by atoms with van der Waals surface area (Å²) >= 11 is 10.1. The molecule has 0 saturated carbocycles. The van der Waals surface area contributed by atoms with Gasteiger partial charge in [-0.15, -0.1) is 0 Å². The van der Waals surface area contributed by atoms with Crippen molar-refractivity contribution in [3.8, 4) is 0 Å². The third-order valence-corrected chi connectivity index (χ3v) is 8.20. The van der Waals surface area contributed by atoms with E-state index in [0.717, 1.165) is 40.9 Å². The number of halogens is 2. The summed E-state index contributed by atoms with van der Waals surface area (Å²) in [6, 6.07) is 6.31. The number of pyridine rings is 1. The lowest BCUT2D eigenvalue weighted by molar-refractivity contribution is 0.255. The largest absolute Gasteiger partial charge is 0.260 e. The standard InChI is InChI=1S/C21H24BrClN2O2S/c1-13-9-16-4-3-15-10-17(23)11-18(22)19(15)20(21(16)24-12-13)14-5-7-25(8-6-14)28(2,26)27/h9-12,14,20H,3-8H2,1-2H3. The monoisotopic (exact) mass is 482 g/mol. The van der Waals surface area contributed by atoms with E-state index < -0.39 is 10.0 Å². The summed E-state index contributed by atoms with van der Waals surface area (Å²) < 4.78 is 26.5. The van der Waals surface area contributed by atoms with Crippen LogP contribution in [0.5, 0.6) is 0 Å². The fraction of sp³-hybridized carbons (Fsp3) is 0.476. The van der Waals surface area contributed by atoms with Gasteiger partial charge in [0.1, 0.15) is 0 Å². The van der Waals surface area contributed by atoms with Crippen LogP contribution >= 0.6 is 27.5 Å². The zero-order valence-electron chi connectivity index (χ0n) is 16.1. The van der Waals surface area contributed by atoms with Gasteiger partial charge in [0.2, 0.25) is 10.0 Å². The highest BCUT2D eigenvalue weighted by molar-refractivity contribution is 9.10. The SMILES string of the molecule is Cc1cnc2c(c1)CCc1cc(Cl)cc(Br)c1C2C1CCN(S(C)(=O)=O)CC1. The molecular weight excluding hydrogens is 460 g/mol. The maximum absolute atomic E-state index is 11.9. The van der Waals surface area contributed by atoms with Crippen LogP contribution in [0.4, 0.5) is 0 Å². The van der Waals surface area contributed by atoms with Gasteiger partial charge in [0.25, 0.3) is 0 Å². The summed E-state index contributed by atoms with van der Waals surface area (Å²) in [7, 11) is -3.14. The maximum Gasteiger partial charge on any atom is 0.211 e. The molecule has 28 heavy (non-hydrogen) atoms. The molecule has 1 fully saturated rings. The number of fused-ring (bicyclic) bond motifs is 2. The molecule has 0 bridgehead atoms. The van der Waals surface area contributed by atoms with E-state index >= 15 is 0 Å². The van der Waals surface area contributed by atoms with E-state index in [-0.39, 0.29) is 5.92 Å². The summed E-state index contributed by atoms with van der Waals surface area (Å²) in [4.78, 5) is 4.88. The van der Waals surface area contributed by atoms with Crippen molar-refractivity contribution in [2.24, 2.45) is 5.92 Å². The van der Waals surface area contributed by atoms with Gasteiger partial charge in [0, 0.05) is 34.7 Å². The summed E-state index contributed by atoms with van der Waals surface area (Å²) in [5.74, 6) is 0.503. The smallest absolute Gasteiger partial charge is 0.211 e. The molecule has 2 aromatic rings. The Labute approximate surface area is 180 Å². The number of rotatable bonds is 2. The fourth-order valence-electron chi connectivity index (χ4n) is 4.72. The molecule has 1 saturated heterocycles. The second-order valence-electron chi connectivity index (χ2n) is 7.99. The molecule has 1 aromatic heterocycles. The first-order chi connectivity index (χ1) is 13.2. The normalized spacial score (nSPS) is 21.1. The molecule has 4 nitrogen and oxygen atoms in total. The zero-order chi connectivity index (χ0) is 20.1. The quantitative estimate of drug-likeness (QED) is 0.622. The number of benzene rings is 1. The maximum atomic E-state index is 11.9. The number of nitrogens with zero attached hydrogens (tertiary/aromatic N) is 2. The lowest BCUT2D eigenvalue weighted by atomic mass is 9.76. The highest BCUT2D eigenvalue weighted by Crippen LogP contribution is 2.46. The second-order valence-corrected chi connectivity index (χ2v) is 11.3. The number of hydrogen-bond donors (Lipinski definition) is 0. The van der Waals surface area contributed by atoms with E-state index in [1.165, 1.54) is 28.5 Å². The van der Waals surface area contributed by atoms with E-state index in [4.69, 9.17) is 16.6 Å². The van der Waals surface area contributed by atoms with Crippen molar-refractivity contribution < 1.29 is 8.42 Å². The Morgan fingerprint density at radius 3 is 2.50 bits per heavy atom. The predicted octanol–water partition coefficient (Wildman–Crippen LogP) is 4.71. The average molecular weight is 484 g/mol. The van der Waals surface area contributed by atoms with Crippen molar-refractivity contribution in [3.63, 3.8) is 0 Å². The van der Waals surface area contributed by atoms with Crippen molar-refractivity contribution in [2.75, 3.05) is 19.3 Å². The van der Waals surface area contributed by atoms with Crippen LogP contribution < -0.4 is 0 Å². The first-order valence-electron chi connectivity index (χ1n) is 9.62. The van der Waals surface area contributed by atoms with E-state index in [2.05, 4.69) is 35.0 Å². The van der Waals surface area contributed by atoms with E-state index in [1.807, 2.05) is 12.3 Å². The van der Waals surface area contributed by atoms with Gasteiger partial charge in [-0.2, -0.15) is 0 Å². The van der Waals surface area contributed by atoms with Crippen LogP contribution in [-0.2, 0) is 22.9 Å². The first-order valence-corrected chi connectivity index (χ1v) is 12.6. The molecule has 1 aliphatic carbocycles. The van der Waals surface area contributed by atoms with Crippen molar-refractivity contribution in [2.45, 2.75) is 38.5 Å². The number of sulfonamides is 1.